The van der Waals surface area contributed by atoms with E-state index >= 15 is 0 Å². The second-order valence-electron chi connectivity index (χ2n) is 15.1. The van der Waals surface area contributed by atoms with Gasteiger partial charge in [-0.05, 0) is 130 Å². The molecule has 0 amide bonds. The molecule has 0 aromatic carbocycles. The van der Waals surface area contributed by atoms with Gasteiger partial charge in [0.05, 0.1) is 12.2 Å². The molecule has 1 aliphatic heterocycles. The first-order chi connectivity index (χ1) is 17.7. The number of ketones is 1. The summed E-state index contributed by atoms with van der Waals surface area (Å²) in [6.07, 6.45) is 22.4. The summed E-state index contributed by atoms with van der Waals surface area (Å²) >= 11 is 0. The fourth-order valence-electron chi connectivity index (χ4n) is 11.4. The van der Waals surface area contributed by atoms with Gasteiger partial charge in [-0.3, -0.25) is 4.79 Å². The fraction of sp³-hybridized carbons (Fsp3) is 0.857. The van der Waals surface area contributed by atoms with E-state index in [1.807, 2.05) is 0 Å². The van der Waals surface area contributed by atoms with E-state index in [0.717, 1.165) is 42.4 Å². The predicted octanol–water partition coefficient (Wildman–Crippen LogP) is 9.09. The zero-order valence-corrected chi connectivity index (χ0v) is 24.4. The number of hydrogen-bond donors (Lipinski definition) is 0. The molecule has 0 N–H and O–H groups in total. The number of ether oxygens (including phenoxy) is 1. The molecule has 5 fully saturated rings. The molecule has 6 rings (SSSR count). The molecule has 2 heteroatoms. The number of allylic oxidation sites excluding steroid dienone is 1. The maximum atomic E-state index is 12.2. The van der Waals surface area contributed by atoms with Gasteiger partial charge >= 0.3 is 0 Å². The van der Waals surface area contributed by atoms with Gasteiger partial charge in [-0.2, -0.15) is 0 Å². The molecule has 2 nitrogen and oxygen atoms in total. The summed E-state index contributed by atoms with van der Waals surface area (Å²) in [6.45, 7) is 14.5. The van der Waals surface area contributed by atoms with E-state index in [1.165, 1.54) is 94.6 Å². The predicted molar refractivity (Wildman–Crippen MR) is 152 cm³/mol. The molecule has 0 bridgehead atoms. The van der Waals surface area contributed by atoms with Crippen LogP contribution < -0.4 is 0 Å². The van der Waals surface area contributed by atoms with Crippen molar-refractivity contribution in [2.45, 2.75) is 136 Å². The summed E-state index contributed by atoms with van der Waals surface area (Å²) in [5.74, 6) is 5.60. The van der Waals surface area contributed by atoms with Crippen molar-refractivity contribution in [2.24, 2.45) is 52.3 Å². The zero-order chi connectivity index (χ0) is 25.9. The number of rotatable bonds is 4. The molecule has 0 aromatic heterocycles. The van der Waals surface area contributed by atoms with E-state index in [2.05, 4.69) is 40.3 Å². The zero-order valence-electron chi connectivity index (χ0n) is 24.4. The smallest absolute Gasteiger partial charge is 0.155 e. The summed E-state index contributed by atoms with van der Waals surface area (Å²) in [6, 6.07) is 0. The second kappa shape index (κ2) is 9.94. The highest BCUT2D eigenvalue weighted by atomic mass is 16.5. The lowest BCUT2D eigenvalue weighted by atomic mass is 9.46. The van der Waals surface area contributed by atoms with Crippen LogP contribution in [0.3, 0.4) is 0 Å². The van der Waals surface area contributed by atoms with E-state index in [1.54, 1.807) is 0 Å². The molecule has 10 atom stereocenters. The molecular weight excluding hydrogens is 452 g/mol. The molecule has 0 spiro atoms. The Balaban J connectivity index is 1.22. The third-order valence-corrected chi connectivity index (χ3v) is 13.5. The van der Waals surface area contributed by atoms with Gasteiger partial charge in [0.25, 0.3) is 0 Å². The number of fused-ring (bicyclic) bond motifs is 5. The molecule has 5 aliphatic carbocycles. The van der Waals surface area contributed by atoms with Crippen molar-refractivity contribution in [1.29, 1.82) is 0 Å². The summed E-state index contributed by atoms with van der Waals surface area (Å²) in [7, 11) is 0. The first-order valence-electron chi connectivity index (χ1n) is 16.3. The van der Waals surface area contributed by atoms with Crippen LogP contribution in [-0.2, 0) is 9.53 Å². The minimum atomic E-state index is 0.284. The Kier molecular flexibility index (Phi) is 7.08. The van der Waals surface area contributed by atoms with Crippen LogP contribution in [-0.4, -0.2) is 18.0 Å². The molecule has 206 valence electrons. The summed E-state index contributed by atoms with van der Waals surface area (Å²) < 4.78 is 7.20. The van der Waals surface area contributed by atoms with E-state index < -0.39 is 0 Å². The van der Waals surface area contributed by atoms with Gasteiger partial charge in [-0.1, -0.05) is 57.8 Å². The van der Waals surface area contributed by atoms with Gasteiger partial charge in [-0.15, -0.1) is 0 Å². The molecule has 1 heterocycles. The normalized spacial score (nSPS) is 47.4. The average molecular weight is 507 g/mol. The molecule has 0 radical (unpaired) electrons. The van der Waals surface area contributed by atoms with Crippen molar-refractivity contribution in [1.82, 2.24) is 0 Å². The molecular formula is C35H54O2. The Morgan fingerprint density at radius 2 is 1.73 bits per heavy atom. The topological polar surface area (TPSA) is 26.3 Å². The fourth-order valence-corrected chi connectivity index (χ4v) is 11.4. The van der Waals surface area contributed by atoms with Crippen LogP contribution in [0.2, 0.25) is 0 Å². The van der Waals surface area contributed by atoms with Gasteiger partial charge in [0.1, 0.15) is 0 Å². The highest BCUT2D eigenvalue weighted by Gasteiger charge is 2.60. The van der Waals surface area contributed by atoms with Gasteiger partial charge in [0.2, 0.25) is 0 Å². The third kappa shape index (κ3) is 4.35. The SMILES string of the molecule is C=C(C)[C@H]1CC[C@H](C2CCCCC2)O[C@@H]1[C@@H](C)[C@H]1CC[C@H]2[C@@H]3CCC4=CC(=O)CC[C@]4(C)[C@H]3CC[C@]12C. The highest BCUT2D eigenvalue weighted by molar-refractivity contribution is 5.91. The van der Waals surface area contributed by atoms with E-state index in [4.69, 9.17) is 4.74 Å². The molecule has 1 saturated heterocycles. The van der Waals surface area contributed by atoms with E-state index in [0.29, 0.717) is 35.2 Å². The summed E-state index contributed by atoms with van der Waals surface area (Å²) in [4.78, 5) is 12.2. The lowest BCUT2D eigenvalue weighted by Crippen LogP contribution is -2.52. The van der Waals surface area contributed by atoms with Crippen molar-refractivity contribution >= 4 is 5.78 Å². The van der Waals surface area contributed by atoms with Gasteiger partial charge in [0.15, 0.2) is 5.78 Å². The van der Waals surface area contributed by atoms with Crippen molar-refractivity contribution in [2.75, 3.05) is 0 Å². The van der Waals surface area contributed by atoms with Crippen LogP contribution in [0.4, 0.5) is 0 Å². The average Bonchev–Trinajstić information content (AvgIpc) is 3.26. The van der Waals surface area contributed by atoms with Crippen LogP contribution in [0.25, 0.3) is 0 Å². The molecule has 0 aromatic rings. The molecule has 0 unspecified atom stereocenters. The van der Waals surface area contributed by atoms with Crippen LogP contribution in [0.1, 0.15) is 124 Å². The monoisotopic (exact) mass is 506 g/mol. The maximum absolute atomic E-state index is 12.2. The number of carbonyl (C=O) groups is 1. The third-order valence-electron chi connectivity index (χ3n) is 13.5. The number of carbonyl (C=O) groups excluding carboxylic acids is 1. The minimum Gasteiger partial charge on any atom is -0.374 e. The second-order valence-corrected chi connectivity index (χ2v) is 15.1. The standard InChI is InChI=1S/C35H54O2/c1-22(2)27-13-16-32(24-9-7-6-8-10-24)37-33(27)23(3)29-14-15-30-28-12-11-25-21-26(36)17-19-34(25,4)31(28)18-20-35(29,30)5/h21,23-24,27-33H,1,6-20H2,2-5H3/t23-,27+,28-,29+,30-,31-,32+,33+,34-,35+/m0/s1. The Morgan fingerprint density at radius 1 is 0.946 bits per heavy atom. The van der Waals surface area contributed by atoms with Crippen molar-refractivity contribution in [3.63, 3.8) is 0 Å². The molecule has 4 saturated carbocycles. The molecule has 37 heavy (non-hydrogen) atoms. The number of hydrogen-bond acceptors (Lipinski definition) is 2. The largest absolute Gasteiger partial charge is 0.374 e. The Labute approximate surface area is 227 Å². The highest BCUT2D eigenvalue weighted by Crippen LogP contribution is 2.68. The minimum absolute atomic E-state index is 0.284. The lowest BCUT2D eigenvalue weighted by Gasteiger charge is -2.59. The molecule has 6 aliphatic rings. The van der Waals surface area contributed by atoms with E-state index in [-0.39, 0.29) is 5.41 Å². The van der Waals surface area contributed by atoms with Crippen LogP contribution in [0.15, 0.2) is 23.8 Å². The quantitative estimate of drug-likeness (QED) is 0.355. The van der Waals surface area contributed by atoms with Crippen LogP contribution in [0, 0.1) is 52.3 Å². The van der Waals surface area contributed by atoms with Gasteiger partial charge < -0.3 is 4.74 Å². The summed E-state index contributed by atoms with van der Waals surface area (Å²) in [5, 5.41) is 0. The maximum Gasteiger partial charge on any atom is 0.155 e. The Morgan fingerprint density at radius 3 is 2.49 bits per heavy atom. The van der Waals surface area contributed by atoms with Crippen molar-refractivity contribution < 1.29 is 9.53 Å². The Hall–Kier alpha value is -0.890. The lowest BCUT2D eigenvalue weighted by molar-refractivity contribution is -0.146. The first-order valence-corrected chi connectivity index (χ1v) is 16.3. The first kappa shape index (κ1) is 26.3. The van der Waals surface area contributed by atoms with Crippen LogP contribution in [0.5, 0.6) is 0 Å². The van der Waals surface area contributed by atoms with Crippen molar-refractivity contribution in [3.05, 3.63) is 23.8 Å². The van der Waals surface area contributed by atoms with Gasteiger partial charge in [0, 0.05) is 12.3 Å². The van der Waals surface area contributed by atoms with Crippen LogP contribution >= 0.6 is 0 Å². The summed E-state index contributed by atoms with van der Waals surface area (Å²) in [5.41, 5.74) is 3.59. The van der Waals surface area contributed by atoms with Crippen molar-refractivity contribution in [3.8, 4) is 0 Å². The van der Waals surface area contributed by atoms with Gasteiger partial charge in [-0.25, -0.2) is 0 Å². The Bertz CT molecular complexity index is 926. The van der Waals surface area contributed by atoms with E-state index in [9.17, 15) is 4.79 Å².